The van der Waals surface area contributed by atoms with Crippen LogP contribution in [-0.4, -0.2) is 36.7 Å². The summed E-state index contributed by atoms with van der Waals surface area (Å²) < 4.78 is 5.25. The summed E-state index contributed by atoms with van der Waals surface area (Å²) in [4.78, 5) is 18.3. The average Bonchev–Trinajstić information content (AvgIpc) is 3.25. The van der Waals surface area contributed by atoms with Gasteiger partial charge in [0.15, 0.2) is 11.7 Å². The van der Waals surface area contributed by atoms with E-state index in [-0.39, 0.29) is 35.9 Å². The van der Waals surface area contributed by atoms with Crippen LogP contribution in [0.4, 0.5) is 5.69 Å². The number of carbonyl (C=O) groups is 1. The number of nitrogens with one attached hydrogen (secondary N) is 2. The zero-order chi connectivity index (χ0) is 17.6. The highest BCUT2D eigenvalue weighted by molar-refractivity contribution is 14.0. The molecule has 1 aromatic heterocycles. The molecule has 3 rings (SSSR count). The molecule has 1 saturated heterocycles. The summed E-state index contributed by atoms with van der Waals surface area (Å²) in [5, 5.41) is 10.5. The molecule has 1 fully saturated rings. The first-order valence-electron chi connectivity index (χ1n) is 8.46. The van der Waals surface area contributed by atoms with E-state index in [9.17, 15) is 4.79 Å². The third kappa shape index (κ3) is 4.96. The zero-order valence-electron chi connectivity index (χ0n) is 14.9. The molecule has 140 valence electrons. The van der Waals surface area contributed by atoms with Crippen molar-refractivity contribution in [2.45, 2.75) is 32.4 Å². The minimum absolute atomic E-state index is 0. The molecule has 7 nitrogen and oxygen atoms in total. The highest BCUT2D eigenvalue weighted by Crippen LogP contribution is 2.20. The number of rotatable bonds is 5. The first-order chi connectivity index (χ1) is 12.2. The Labute approximate surface area is 170 Å². The maximum atomic E-state index is 12.3. The largest absolute Gasteiger partial charge is 0.359 e. The predicted octanol–water partition coefficient (Wildman–Crippen LogP) is 2.33. The number of guanidine groups is 1. The molecule has 1 unspecified atom stereocenters. The van der Waals surface area contributed by atoms with Gasteiger partial charge in [-0.2, -0.15) is 0 Å². The van der Waals surface area contributed by atoms with E-state index in [1.807, 2.05) is 43.3 Å². The second-order valence-electron chi connectivity index (χ2n) is 5.95. The van der Waals surface area contributed by atoms with Gasteiger partial charge in [0, 0.05) is 31.8 Å². The van der Waals surface area contributed by atoms with Gasteiger partial charge in [0.05, 0.1) is 18.3 Å². The molecular formula is C18H24IN5O2. The average molecular weight is 469 g/mol. The summed E-state index contributed by atoms with van der Waals surface area (Å²) in [5.41, 5.74) is 1.85. The van der Waals surface area contributed by atoms with Crippen molar-refractivity contribution >= 4 is 41.5 Å². The number of aromatic nitrogens is 1. The molecule has 2 N–H and O–H groups in total. The summed E-state index contributed by atoms with van der Waals surface area (Å²) in [7, 11) is 1.71. The Balaban J connectivity index is 0.00000243. The Morgan fingerprint density at radius 1 is 1.38 bits per heavy atom. The lowest BCUT2D eigenvalue weighted by Crippen LogP contribution is -2.44. The number of carbonyl (C=O) groups excluding carboxylic acids is 1. The molecule has 26 heavy (non-hydrogen) atoms. The van der Waals surface area contributed by atoms with Gasteiger partial charge in [0.25, 0.3) is 0 Å². The van der Waals surface area contributed by atoms with E-state index in [2.05, 4.69) is 20.8 Å². The predicted molar refractivity (Wildman–Crippen MR) is 112 cm³/mol. The summed E-state index contributed by atoms with van der Waals surface area (Å²) in [5.74, 6) is 1.51. The summed E-state index contributed by atoms with van der Waals surface area (Å²) in [6, 6.07) is 11.7. The van der Waals surface area contributed by atoms with Gasteiger partial charge in [-0.3, -0.25) is 9.79 Å². The van der Waals surface area contributed by atoms with Gasteiger partial charge in [-0.25, -0.2) is 0 Å². The first-order valence-corrected chi connectivity index (χ1v) is 8.46. The number of benzene rings is 1. The van der Waals surface area contributed by atoms with Crippen LogP contribution >= 0.6 is 24.0 Å². The third-order valence-electron chi connectivity index (χ3n) is 4.16. The quantitative estimate of drug-likeness (QED) is 0.399. The van der Waals surface area contributed by atoms with Crippen LogP contribution in [0.5, 0.6) is 0 Å². The van der Waals surface area contributed by atoms with E-state index in [0.717, 1.165) is 23.6 Å². The van der Waals surface area contributed by atoms with E-state index < -0.39 is 0 Å². The lowest BCUT2D eigenvalue weighted by Gasteiger charge is -2.18. The second kappa shape index (κ2) is 9.56. The summed E-state index contributed by atoms with van der Waals surface area (Å²) in [6.45, 7) is 3.15. The third-order valence-corrected chi connectivity index (χ3v) is 4.16. The van der Waals surface area contributed by atoms with Crippen LogP contribution in [-0.2, 0) is 17.8 Å². The van der Waals surface area contributed by atoms with E-state index in [0.29, 0.717) is 25.5 Å². The summed E-state index contributed by atoms with van der Waals surface area (Å²) in [6.07, 6.45) is 1.29. The zero-order valence-corrected chi connectivity index (χ0v) is 17.3. The molecule has 1 aliphatic heterocycles. The fraction of sp³-hybridized carbons (Fsp3) is 0.389. The molecule has 0 aliphatic carbocycles. The van der Waals surface area contributed by atoms with Crippen molar-refractivity contribution in [3.63, 3.8) is 0 Å². The number of hydrogen-bond acceptors (Lipinski definition) is 4. The molecule has 1 aliphatic rings. The Morgan fingerprint density at radius 2 is 2.15 bits per heavy atom. The maximum Gasteiger partial charge on any atom is 0.229 e. The first kappa shape index (κ1) is 20.2. The van der Waals surface area contributed by atoms with Crippen LogP contribution in [0, 0.1) is 0 Å². The Hall–Kier alpha value is -2.10. The van der Waals surface area contributed by atoms with Gasteiger partial charge in [0.2, 0.25) is 5.91 Å². The second-order valence-corrected chi connectivity index (χ2v) is 5.95. The topological polar surface area (TPSA) is 82.8 Å². The van der Waals surface area contributed by atoms with E-state index in [1.165, 1.54) is 0 Å². The number of anilines is 1. The Kier molecular flexibility index (Phi) is 7.43. The molecule has 2 heterocycles. The van der Waals surface area contributed by atoms with Crippen molar-refractivity contribution in [1.29, 1.82) is 0 Å². The monoisotopic (exact) mass is 469 g/mol. The number of hydrogen-bond donors (Lipinski definition) is 2. The Morgan fingerprint density at radius 3 is 2.81 bits per heavy atom. The van der Waals surface area contributed by atoms with Crippen LogP contribution in [0.1, 0.15) is 24.8 Å². The molecule has 1 amide bonds. The molecule has 1 aromatic carbocycles. The molecule has 0 radical (unpaired) electrons. The van der Waals surface area contributed by atoms with E-state index in [4.69, 9.17) is 4.52 Å². The number of nitrogens with zero attached hydrogens (tertiary/aromatic N) is 3. The number of aliphatic imine (C=N–C) groups is 1. The van der Waals surface area contributed by atoms with Crippen LogP contribution in [0.3, 0.4) is 0 Å². The molecular weight excluding hydrogens is 445 g/mol. The standard InChI is InChI=1S/C18H23N5O2.HI/c1-3-13-9-16(25-22-13)11-20-18(19-2)21-14-10-17(24)23(12-14)15-7-5-4-6-8-15;/h4-9,14H,3,10-12H2,1-2H3,(H2,19,20,21);1H. The van der Waals surface area contributed by atoms with Crippen LogP contribution in [0.25, 0.3) is 0 Å². The number of para-hydroxylation sites is 1. The van der Waals surface area contributed by atoms with Gasteiger partial charge in [-0.15, -0.1) is 24.0 Å². The van der Waals surface area contributed by atoms with Gasteiger partial charge < -0.3 is 20.1 Å². The molecule has 8 heteroatoms. The van der Waals surface area contributed by atoms with Crippen LogP contribution in [0.2, 0.25) is 0 Å². The van der Waals surface area contributed by atoms with Gasteiger partial charge in [-0.1, -0.05) is 30.3 Å². The van der Waals surface area contributed by atoms with Crippen molar-refractivity contribution < 1.29 is 9.32 Å². The highest BCUT2D eigenvalue weighted by atomic mass is 127. The van der Waals surface area contributed by atoms with Crippen molar-refractivity contribution in [3.8, 4) is 0 Å². The van der Waals surface area contributed by atoms with Crippen molar-refractivity contribution in [1.82, 2.24) is 15.8 Å². The molecule has 2 aromatic rings. The lowest BCUT2D eigenvalue weighted by molar-refractivity contribution is -0.117. The van der Waals surface area contributed by atoms with Crippen molar-refractivity contribution in [2.75, 3.05) is 18.5 Å². The Bertz CT molecular complexity index is 747. The SMILES string of the molecule is CCc1cc(CNC(=NC)NC2CC(=O)N(c3ccccc3)C2)on1.I. The molecule has 0 spiro atoms. The van der Waals surface area contributed by atoms with E-state index >= 15 is 0 Å². The van der Waals surface area contributed by atoms with Crippen LogP contribution in [0.15, 0.2) is 45.9 Å². The minimum atomic E-state index is 0. The molecule has 1 atom stereocenters. The summed E-state index contributed by atoms with van der Waals surface area (Å²) >= 11 is 0. The smallest absolute Gasteiger partial charge is 0.229 e. The van der Waals surface area contributed by atoms with E-state index in [1.54, 1.807) is 11.9 Å². The minimum Gasteiger partial charge on any atom is -0.359 e. The van der Waals surface area contributed by atoms with Crippen molar-refractivity contribution in [2.24, 2.45) is 4.99 Å². The molecule has 0 saturated carbocycles. The fourth-order valence-corrected chi connectivity index (χ4v) is 2.83. The number of amides is 1. The lowest BCUT2D eigenvalue weighted by atomic mass is 10.2. The van der Waals surface area contributed by atoms with Crippen molar-refractivity contribution in [3.05, 3.63) is 47.9 Å². The number of aryl methyl sites for hydroxylation is 1. The van der Waals surface area contributed by atoms with Gasteiger partial charge in [0.1, 0.15) is 0 Å². The molecule has 0 bridgehead atoms. The van der Waals surface area contributed by atoms with Gasteiger partial charge in [-0.05, 0) is 18.6 Å². The number of halogens is 1. The highest BCUT2D eigenvalue weighted by Gasteiger charge is 2.31. The van der Waals surface area contributed by atoms with Crippen LogP contribution < -0.4 is 15.5 Å². The van der Waals surface area contributed by atoms with Gasteiger partial charge >= 0.3 is 0 Å². The fourth-order valence-electron chi connectivity index (χ4n) is 2.83. The maximum absolute atomic E-state index is 12.3. The normalized spacial score (nSPS) is 17.2.